The first-order chi connectivity index (χ1) is 9.54. The Morgan fingerprint density at radius 2 is 2.10 bits per heavy atom. The molecule has 1 aromatic carbocycles. The summed E-state index contributed by atoms with van der Waals surface area (Å²) < 4.78 is 29.2. The molecule has 0 amide bonds. The maximum Gasteiger partial charge on any atom is 0.387 e. The summed E-state index contributed by atoms with van der Waals surface area (Å²) in [6, 6.07) is 3.26. The van der Waals surface area contributed by atoms with Gasteiger partial charge in [0.2, 0.25) is 0 Å². The van der Waals surface area contributed by atoms with Gasteiger partial charge in [0.1, 0.15) is 11.5 Å². The topological polar surface area (TPSA) is 29.5 Å². The average molecular weight is 300 g/mol. The summed E-state index contributed by atoms with van der Waals surface area (Å²) in [6.07, 6.45) is 4.86. The van der Waals surface area contributed by atoms with Gasteiger partial charge in [-0.15, -0.1) is 0 Å². The van der Waals surface area contributed by atoms with Crippen molar-refractivity contribution < 1.29 is 18.3 Å². The molecule has 6 heteroatoms. The summed E-state index contributed by atoms with van der Waals surface area (Å²) in [4.78, 5) is 13.2. The molecule has 1 aromatic rings. The fourth-order valence-electron chi connectivity index (χ4n) is 2.55. The average Bonchev–Trinajstić information content (AvgIpc) is 2.35. The van der Waals surface area contributed by atoms with E-state index >= 15 is 0 Å². The third-order valence-corrected chi connectivity index (χ3v) is 3.87. The lowest BCUT2D eigenvalue weighted by molar-refractivity contribution is -0.124. The Morgan fingerprint density at radius 3 is 2.75 bits per heavy atom. The van der Waals surface area contributed by atoms with Crippen LogP contribution in [0.2, 0.25) is 5.02 Å². The summed E-state index contributed by atoms with van der Waals surface area (Å²) >= 11 is 5.94. The molecule has 1 saturated carbocycles. The van der Waals surface area contributed by atoms with E-state index in [1.165, 1.54) is 6.07 Å². The lowest BCUT2D eigenvalue weighted by Gasteiger charge is -2.40. The third kappa shape index (κ3) is 2.38. The van der Waals surface area contributed by atoms with Crippen molar-refractivity contribution in [1.29, 1.82) is 0 Å². The quantitative estimate of drug-likeness (QED) is 0.855. The van der Waals surface area contributed by atoms with E-state index in [2.05, 4.69) is 4.74 Å². The molecule has 1 heterocycles. The molecule has 0 aromatic heterocycles. The van der Waals surface area contributed by atoms with Crippen molar-refractivity contribution in [1.82, 2.24) is 0 Å². The van der Waals surface area contributed by atoms with Crippen LogP contribution in [0.15, 0.2) is 18.2 Å². The number of hydrogen-bond donors (Lipinski definition) is 0. The van der Waals surface area contributed by atoms with Crippen LogP contribution >= 0.6 is 11.6 Å². The lowest BCUT2D eigenvalue weighted by Crippen LogP contribution is -2.46. The van der Waals surface area contributed by atoms with Crippen LogP contribution in [-0.4, -0.2) is 25.0 Å². The number of halogens is 3. The van der Waals surface area contributed by atoms with Crippen molar-refractivity contribution in [2.45, 2.75) is 25.5 Å². The van der Waals surface area contributed by atoms with Crippen molar-refractivity contribution in [3.8, 4) is 5.75 Å². The lowest BCUT2D eigenvalue weighted by atomic mass is 9.88. The molecular weight excluding hydrogens is 288 g/mol. The van der Waals surface area contributed by atoms with Gasteiger partial charge >= 0.3 is 6.61 Å². The van der Waals surface area contributed by atoms with Gasteiger partial charge in [-0.25, -0.2) is 0 Å². The molecule has 0 spiro atoms. The number of ketones is 1. The highest BCUT2D eigenvalue weighted by Crippen LogP contribution is 2.39. The van der Waals surface area contributed by atoms with Gasteiger partial charge in [-0.05, 0) is 11.6 Å². The van der Waals surface area contributed by atoms with Crippen molar-refractivity contribution in [2.24, 2.45) is 0 Å². The monoisotopic (exact) mass is 299 g/mol. The van der Waals surface area contributed by atoms with Crippen LogP contribution in [0.25, 0.3) is 6.08 Å². The van der Waals surface area contributed by atoms with Crippen LogP contribution in [-0.2, 0) is 4.79 Å². The molecule has 0 radical (unpaired) electrons. The molecule has 3 rings (SSSR count). The van der Waals surface area contributed by atoms with E-state index in [0.29, 0.717) is 19.4 Å². The summed E-state index contributed by atoms with van der Waals surface area (Å²) in [5.74, 6) is 0.190. The SMILES string of the molecule is O=C1CC(N2CC=Cc3cc(Cl)c(OC(F)F)cc32)C1. The van der Waals surface area contributed by atoms with Gasteiger partial charge < -0.3 is 9.64 Å². The van der Waals surface area contributed by atoms with E-state index in [-0.39, 0.29) is 22.6 Å². The first-order valence-corrected chi connectivity index (χ1v) is 6.65. The second-order valence-corrected chi connectivity index (χ2v) is 5.28. The highest BCUT2D eigenvalue weighted by atomic mass is 35.5. The number of nitrogens with zero attached hydrogens (tertiary/aromatic N) is 1. The minimum atomic E-state index is -2.91. The molecule has 1 aliphatic carbocycles. The maximum atomic E-state index is 12.4. The summed E-state index contributed by atoms with van der Waals surface area (Å²) in [6.45, 7) is -2.26. The first kappa shape index (κ1) is 13.4. The number of ether oxygens (including phenoxy) is 1. The highest BCUT2D eigenvalue weighted by molar-refractivity contribution is 6.32. The van der Waals surface area contributed by atoms with E-state index in [0.717, 1.165) is 11.3 Å². The predicted molar refractivity (Wildman–Crippen MR) is 72.5 cm³/mol. The van der Waals surface area contributed by atoms with Crippen LogP contribution < -0.4 is 9.64 Å². The van der Waals surface area contributed by atoms with Gasteiger partial charge in [-0.2, -0.15) is 8.78 Å². The summed E-state index contributed by atoms with van der Waals surface area (Å²) in [5.41, 5.74) is 1.63. The van der Waals surface area contributed by atoms with Crippen molar-refractivity contribution in [3.05, 3.63) is 28.8 Å². The van der Waals surface area contributed by atoms with Gasteiger partial charge in [0, 0.05) is 37.2 Å². The first-order valence-electron chi connectivity index (χ1n) is 6.28. The normalized spacial score (nSPS) is 18.2. The smallest absolute Gasteiger partial charge is 0.387 e. The van der Waals surface area contributed by atoms with Gasteiger partial charge in [-0.1, -0.05) is 23.8 Å². The number of alkyl halides is 2. The predicted octanol–water partition coefficient (Wildman–Crippen LogP) is 3.51. The largest absolute Gasteiger partial charge is 0.433 e. The molecule has 0 bridgehead atoms. The number of benzene rings is 1. The molecule has 2 aliphatic rings. The van der Waals surface area contributed by atoms with Gasteiger partial charge in [0.15, 0.2) is 0 Å². The Bertz CT molecular complexity index is 581. The van der Waals surface area contributed by atoms with E-state index in [9.17, 15) is 13.6 Å². The fourth-order valence-corrected chi connectivity index (χ4v) is 2.77. The molecule has 0 N–H and O–H groups in total. The highest BCUT2D eigenvalue weighted by Gasteiger charge is 2.33. The zero-order valence-electron chi connectivity index (χ0n) is 10.5. The third-order valence-electron chi connectivity index (χ3n) is 3.57. The molecule has 0 unspecified atom stereocenters. The minimum absolute atomic E-state index is 0.0358. The van der Waals surface area contributed by atoms with E-state index in [1.807, 2.05) is 17.1 Å². The number of carbonyl (C=O) groups is 1. The Labute approximate surface area is 119 Å². The zero-order chi connectivity index (χ0) is 14.3. The summed E-state index contributed by atoms with van der Waals surface area (Å²) in [5, 5.41) is 0.153. The number of rotatable bonds is 3. The van der Waals surface area contributed by atoms with Gasteiger partial charge in [-0.3, -0.25) is 4.79 Å². The molecule has 106 valence electrons. The molecule has 3 nitrogen and oxygen atoms in total. The maximum absolute atomic E-state index is 12.4. The van der Waals surface area contributed by atoms with Crippen LogP contribution in [0.1, 0.15) is 18.4 Å². The standard InChI is InChI=1S/C14H12ClF2NO2/c15-11-4-8-2-1-3-18(9-5-10(19)6-9)12(8)7-13(11)20-14(16)17/h1-2,4,7,9,14H,3,5-6H2. The van der Waals surface area contributed by atoms with E-state index in [1.54, 1.807) is 6.07 Å². The van der Waals surface area contributed by atoms with Crippen molar-refractivity contribution in [2.75, 3.05) is 11.4 Å². The van der Waals surface area contributed by atoms with Crippen molar-refractivity contribution >= 4 is 29.1 Å². The summed E-state index contributed by atoms with van der Waals surface area (Å²) in [7, 11) is 0. The Kier molecular flexibility index (Phi) is 3.38. The second kappa shape index (κ2) is 5.05. The van der Waals surface area contributed by atoms with Crippen LogP contribution in [0, 0.1) is 0 Å². The molecule has 1 fully saturated rings. The number of anilines is 1. The number of Topliss-reactive ketones (excluding diaryl/α,β-unsaturated/α-hetero) is 1. The number of hydrogen-bond acceptors (Lipinski definition) is 3. The zero-order valence-corrected chi connectivity index (χ0v) is 11.2. The molecule has 0 saturated heterocycles. The Hall–Kier alpha value is -1.62. The van der Waals surface area contributed by atoms with Crippen molar-refractivity contribution in [3.63, 3.8) is 0 Å². The van der Waals surface area contributed by atoms with Gasteiger partial charge in [0.05, 0.1) is 5.02 Å². The Balaban J connectivity index is 1.94. The minimum Gasteiger partial charge on any atom is -0.433 e. The number of carbonyl (C=O) groups excluding carboxylic acids is 1. The fraction of sp³-hybridized carbons (Fsp3) is 0.357. The second-order valence-electron chi connectivity index (χ2n) is 4.88. The van der Waals surface area contributed by atoms with Crippen LogP contribution in [0.3, 0.4) is 0 Å². The van der Waals surface area contributed by atoms with Gasteiger partial charge in [0.25, 0.3) is 0 Å². The number of fused-ring (bicyclic) bond motifs is 1. The molecule has 1 aliphatic heterocycles. The van der Waals surface area contributed by atoms with E-state index in [4.69, 9.17) is 11.6 Å². The Morgan fingerprint density at radius 1 is 1.35 bits per heavy atom. The van der Waals surface area contributed by atoms with E-state index < -0.39 is 6.61 Å². The van der Waals surface area contributed by atoms with Crippen LogP contribution in [0.5, 0.6) is 5.75 Å². The van der Waals surface area contributed by atoms with Crippen LogP contribution in [0.4, 0.5) is 14.5 Å². The molecule has 0 atom stereocenters. The molecule has 20 heavy (non-hydrogen) atoms. The molecular formula is C14H12ClF2NO2.